The molecule has 1 fully saturated rings. The summed E-state index contributed by atoms with van der Waals surface area (Å²) < 4.78 is 0. The van der Waals surface area contributed by atoms with E-state index in [1.165, 1.54) is 0 Å². The Bertz CT molecular complexity index is 696. The number of nitrogens with zero attached hydrogens (tertiary/aromatic N) is 1. The third kappa shape index (κ3) is 2.75. The maximum absolute atomic E-state index is 11.1. The predicted molar refractivity (Wildman–Crippen MR) is 83.8 cm³/mol. The number of hydrogen-bond donors (Lipinski definition) is 1. The molecule has 1 heterocycles. The summed E-state index contributed by atoms with van der Waals surface area (Å²) in [5, 5.41) is 5.02. The van der Waals surface area contributed by atoms with E-state index in [1.54, 1.807) is 6.92 Å². The van der Waals surface area contributed by atoms with E-state index in [-0.39, 0.29) is 11.9 Å². The summed E-state index contributed by atoms with van der Waals surface area (Å²) in [6.07, 6.45) is 1.86. The molecule has 1 amide bonds. The van der Waals surface area contributed by atoms with E-state index in [4.69, 9.17) is 0 Å². The fourth-order valence-corrected chi connectivity index (χ4v) is 3.00. The van der Waals surface area contributed by atoms with Crippen molar-refractivity contribution < 1.29 is 9.59 Å². The number of anilines is 1. The van der Waals surface area contributed by atoms with Crippen LogP contribution in [0.25, 0.3) is 10.8 Å². The molecule has 0 aliphatic carbocycles. The van der Waals surface area contributed by atoms with Crippen LogP contribution in [0.4, 0.5) is 5.69 Å². The van der Waals surface area contributed by atoms with Crippen LogP contribution in [-0.2, 0) is 4.79 Å². The second kappa shape index (κ2) is 5.56. The fraction of sp³-hybridized carbons (Fsp3) is 0.294. The molecule has 1 aliphatic heterocycles. The predicted octanol–water partition coefficient (Wildman–Crippen LogP) is 2.37. The van der Waals surface area contributed by atoms with Gasteiger partial charge in [0.1, 0.15) is 0 Å². The lowest BCUT2D eigenvalue weighted by atomic mass is 10.0. The molecule has 4 nitrogen and oxygen atoms in total. The van der Waals surface area contributed by atoms with Crippen LogP contribution in [-0.4, -0.2) is 31.3 Å². The zero-order chi connectivity index (χ0) is 14.8. The number of nitrogens with one attached hydrogen (secondary N) is 1. The standard InChI is InChI=1S/C17H18N2O2/c1-12(21)18-15-7-8-19(10-15)16-5-6-17-13(9-16)3-2-4-14(17)11-20/h2-6,9,11,15H,7-8,10H2,1H3,(H,18,21). The number of fused-ring (bicyclic) bond motifs is 1. The van der Waals surface area contributed by atoms with Gasteiger partial charge in [-0.2, -0.15) is 0 Å². The molecule has 108 valence electrons. The van der Waals surface area contributed by atoms with Crippen molar-refractivity contribution >= 4 is 28.7 Å². The number of benzene rings is 2. The summed E-state index contributed by atoms with van der Waals surface area (Å²) in [4.78, 5) is 24.5. The summed E-state index contributed by atoms with van der Waals surface area (Å²) in [5.41, 5.74) is 1.86. The van der Waals surface area contributed by atoms with Crippen molar-refractivity contribution in [2.24, 2.45) is 0 Å². The summed E-state index contributed by atoms with van der Waals surface area (Å²) >= 11 is 0. The molecule has 21 heavy (non-hydrogen) atoms. The Labute approximate surface area is 123 Å². The topological polar surface area (TPSA) is 49.4 Å². The van der Waals surface area contributed by atoms with Crippen molar-refractivity contribution in [1.82, 2.24) is 5.32 Å². The summed E-state index contributed by atoms with van der Waals surface area (Å²) in [6, 6.07) is 12.1. The summed E-state index contributed by atoms with van der Waals surface area (Å²) in [5.74, 6) is 0.0241. The average Bonchev–Trinajstić information content (AvgIpc) is 2.93. The van der Waals surface area contributed by atoms with Gasteiger partial charge in [0.05, 0.1) is 0 Å². The second-order valence-corrected chi connectivity index (χ2v) is 5.50. The van der Waals surface area contributed by atoms with Crippen LogP contribution in [0.5, 0.6) is 0 Å². The van der Waals surface area contributed by atoms with Gasteiger partial charge in [-0.25, -0.2) is 0 Å². The third-order valence-corrected chi connectivity index (χ3v) is 3.99. The first-order valence-corrected chi connectivity index (χ1v) is 7.17. The minimum Gasteiger partial charge on any atom is -0.369 e. The van der Waals surface area contributed by atoms with Gasteiger partial charge in [-0.15, -0.1) is 0 Å². The smallest absolute Gasteiger partial charge is 0.217 e. The van der Waals surface area contributed by atoms with E-state index < -0.39 is 0 Å². The van der Waals surface area contributed by atoms with E-state index in [2.05, 4.69) is 16.3 Å². The normalized spacial score (nSPS) is 18.0. The molecule has 0 radical (unpaired) electrons. The molecule has 1 saturated heterocycles. The first kappa shape index (κ1) is 13.6. The zero-order valence-electron chi connectivity index (χ0n) is 12.0. The summed E-state index contributed by atoms with van der Waals surface area (Å²) in [6.45, 7) is 3.32. The lowest BCUT2D eigenvalue weighted by Gasteiger charge is -2.19. The molecule has 0 spiro atoms. The Kier molecular flexibility index (Phi) is 3.60. The van der Waals surface area contributed by atoms with Gasteiger partial charge >= 0.3 is 0 Å². The highest BCUT2D eigenvalue weighted by Crippen LogP contribution is 2.26. The van der Waals surface area contributed by atoms with E-state index in [0.29, 0.717) is 0 Å². The minimum absolute atomic E-state index is 0.0241. The first-order valence-electron chi connectivity index (χ1n) is 7.17. The van der Waals surface area contributed by atoms with Crippen molar-refractivity contribution in [1.29, 1.82) is 0 Å². The highest BCUT2D eigenvalue weighted by molar-refractivity contribution is 5.99. The molecule has 2 aromatic carbocycles. The van der Waals surface area contributed by atoms with E-state index in [9.17, 15) is 9.59 Å². The van der Waals surface area contributed by atoms with Gasteiger partial charge in [-0.1, -0.05) is 24.3 Å². The van der Waals surface area contributed by atoms with Crippen molar-refractivity contribution in [3.05, 3.63) is 42.0 Å². The van der Waals surface area contributed by atoms with Gasteiger partial charge < -0.3 is 10.2 Å². The number of carbonyl (C=O) groups excluding carboxylic acids is 2. The maximum atomic E-state index is 11.1. The van der Waals surface area contributed by atoms with Crippen LogP contribution in [0.2, 0.25) is 0 Å². The first-order chi connectivity index (χ1) is 10.2. The third-order valence-electron chi connectivity index (χ3n) is 3.99. The SMILES string of the molecule is CC(=O)NC1CCN(c2ccc3c(C=O)cccc3c2)C1. The molecule has 0 aromatic heterocycles. The van der Waals surface area contributed by atoms with Gasteiger partial charge in [0.25, 0.3) is 0 Å². The number of amides is 1. The van der Waals surface area contributed by atoms with Crippen LogP contribution < -0.4 is 10.2 Å². The number of carbonyl (C=O) groups is 2. The number of aldehydes is 1. The molecule has 1 atom stereocenters. The van der Waals surface area contributed by atoms with Gasteiger partial charge in [-0.3, -0.25) is 9.59 Å². The highest BCUT2D eigenvalue weighted by Gasteiger charge is 2.23. The largest absolute Gasteiger partial charge is 0.369 e. The quantitative estimate of drug-likeness (QED) is 0.879. The Balaban J connectivity index is 1.85. The Morgan fingerprint density at radius 3 is 2.95 bits per heavy atom. The number of rotatable bonds is 3. The lowest BCUT2D eigenvalue weighted by Crippen LogP contribution is -2.35. The molecule has 1 N–H and O–H groups in total. The average molecular weight is 282 g/mol. The molecular formula is C17H18N2O2. The highest BCUT2D eigenvalue weighted by atomic mass is 16.1. The molecule has 2 aromatic rings. The Morgan fingerprint density at radius 2 is 2.19 bits per heavy atom. The van der Waals surface area contributed by atoms with Crippen molar-refractivity contribution in [2.45, 2.75) is 19.4 Å². The fourth-order valence-electron chi connectivity index (χ4n) is 3.00. The summed E-state index contributed by atoms with van der Waals surface area (Å²) in [7, 11) is 0. The van der Waals surface area contributed by atoms with Gasteiger partial charge in [-0.05, 0) is 29.3 Å². The molecule has 1 aliphatic rings. The molecular weight excluding hydrogens is 264 g/mol. The van der Waals surface area contributed by atoms with Gasteiger partial charge in [0.15, 0.2) is 6.29 Å². The van der Waals surface area contributed by atoms with Crippen molar-refractivity contribution in [3.8, 4) is 0 Å². The van der Waals surface area contributed by atoms with Crippen LogP contribution >= 0.6 is 0 Å². The van der Waals surface area contributed by atoms with Crippen LogP contribution in [0.15, 0.2) is 36.4 Å². The zero-order valence-corrected chi connectivity index (χ0v) is 12.0. The van der Waals surface area contributed by atoms with E-state index in [1.807, 2.05) is 30.3 Å². The maximum Gasteiger partial charge on any atom is 0.217 e. The van der Waals surface area contributed by atoms with Crippen LogP contribution in [0.3, 0.4) is 0 Å². The number of hydrogen-bond acceptors (Lipinski definition) is 3. The van der Waals surface area contributed by atoms with Crippen LogP contribution in [0, 0.1) is 0 Å². The van der Waals surface area contributed by atoms with Gasteiger partial charge in [0.2, 0.25) is 5.91 Å². The monoisotopic (exact) mass is 282 g/mol. The molecule has 0 saturated carbocycles. The minimum atomic E-state index is 0.0241. The molecule has 1 unspecified atom stereocenters. The molecule has 3 rings (SSSR count). The van der Waals surface area contributed by atoms with Gasteiger partial charge in [0, 0.05) is 37.3 Å². The Hall–Kier alpha value is -2.36. The molecule has 4 heteroatoms. The van der Waals surface area contributed by atoms with Crippen LogP contribution in [0.1, 0.15) is 23.7 Å². The lowest BCUT2D eigenvalue weighted by molar-refractivity contribution is -0.119. The van der Waals surface area contributed by atoms with E-state index >= 15 is 0 Å². The molecule has 0 bridgehead atoms. The second-order valence-electron chi connectivity index (χ2n) is 5.50. The van der Waals surface area contributed by atoms with E-state index in [0.717, 1.165) is 47.8 Å². The van der Waals surface area contributed by atoms with Crippen molar-refractivity contribution in [3.63, 3.8) is 0 Å². The van der Waals surface area contributed by atoms with Crippen molar-refractivity contribution in [2.75, 3.05) is 18.0 Å². The Morgan fingerprint density at radius 1 is 1.33 bits per heavy atom.